The highest BCUT2D eigenvalue weighted by molar-refractivity contribution is 6.31. The average Bonchev–Trinajstić information content (AvgIpc) is 2.26. The summed E-state index contributed by atoms with van der Waals surface area (Å²) in [6.45, 7) is -0.589. The van der Waals surface area contributed by atoms with Crippen LogP contribution in [0.3, 0.4) is 0 Å². The van der Waals surface area contributed by atoms with Gasteiger partial charge in [-0.15, -0.1) is 0 Å². The normalized spacial score (nSPS) is 15.9. The topological polar surface area (TPSA) is 74.7 Å². The highest BCUT2D eigenvalue weighted by atomic mass is 35.5. The molecule has 1 aliphatic rings. The first-order valence-corrected chi connectivity index (χ1v) is 5.21. The van der Waals surface area contributed by atoms with Gasteiger partial charge in [0.25, 0.3) is 0 Å². The Morgan fingerprint density at radius 1 is 1.35 bits per heavy atom. The van der Waals surface area contributed by atoms with Gasteiger partial charge in [0.1, 0.15) is 12.5 Å². The van der Waals surface area contributed by atoms with E-state index in [-0.39, 0.29) is 0 Å². The van der Waals surface area contributed by atoms with E-state index < -0.39 is 30.2 Å². The standard InChI is InChI=1S/C11H8ClNO4/c12-7-3-1-2-6(4-7)9-10(16)13(11(9)17)5-8(14)15/h1-4,9H,5H2,(H,14,15). The van der Waals surface area contributed by atoms with Crippen LogP contribution in [-0.2, 0) is 14.4 Å². The molecule has 17 heavy (non-hydrogen) atoms. The summed E-state index contributed by atoms with van der Waals surface area (Å²) in [7, 11) is 0. The van der Waals surface area contributed by atoms with Crippen molar-refractivity contribution in [3.63, 3.8) is 0 Å². The number of benzene rings is 1. The fourth-order valence-corrected chi connectivity index (χ4v) is 1.92. The van der Waals surface area contributed by atoms with E-state index in [4.69, 9.17) is 16.7 Å². The molecule has 2 amide bonds. The molecule has 1 saturated heterocycles. The predicted molar refractivity (Wildman–Crippen MR) is 58.5 cm³/mol. The van der Waals surface area contributed by atoms with Crippen molar-refractivity contribution >= 4 is 29.4 Å². The van der Waals surface area contributed by atoms with Crippen LogP contribution in [0, 0.1) is 0 Å². The SMILES string of the molecule is O=C(O)CN1C(=O)C(c2cccc(Cl)c2)C1=O. The summed E-state index contributed by atoms with van der Waals surface area (Å²) < 4.78 is 0. The van der Waals surface area contributed by atoms with Gasteiger partial charge in [0.15, 0.2) is 0 Å². The van der Waals surface area contributed by atoms with E-state index in [1.165, 1.54) is 6.07 Å². The number of halogens is 1. The van der Waals surface area contributed by atoms with Gasteiger partial charge in [-0.25, -0.2) is 0 Å². The van der Waals surface area contributed by atoms with Crippen molar-refractivity contribution in [2.75, 3.05) is 6.54 Å². The van der Waals surface area contributed by atoms with Crippen molar-refractivity contribution in [1.82, 2.24) is 4.90 Å². The minimum absolute atomic E-state index is 0.430. The Balaban J connectivity index is 2.19. The monoisotopic (exact) mass is 253 g/mol. The maximum absolute atomic E-state index is 11.6. The van der Waals surface area contributed by atoms with Crippen LogP contribution in [0.15, 0.2) is 24.3 Å². The largest absolute Gasteiger partial charge is 0.480 e. The van der Waals surface area contributed by atoms with E-state index in [1.54, 1.807) is 18.2 Å². The minimum Gasteiger partial charge on any atom is -0.480 e. The van der Waals surface area contributed by atoms with Gasteiger partial charge < -0.3 is 5.11 Å². The lowest BCUT2D eigenvalue weighted by Gasteiger charge is -2.34. The molecule has 1 aliphatic heterocycles. The highest BCUT2D eigenvalue weighted by Crippen LogP contribution is 2.31. The van der Waals surface area contributed by atoms with Crippen molar-refractivity contribution in [1.29, 1.82) is 0 Å². The molecule has 0 saturated carbocycles. The Kier molecular flexibility index (Phi) is 2.85. The number of carbonyl (C=O) groups excluding carboxylic acids is 2. The van der Waals surface area contributed by atoms with E-state index >= 15 is 0 Å². The van der Waals surface area contributed by atoms with Gasteiger partial charge in [-0.05, 0) is 17.7 Å². The second kappa shape index (κ2) is 4.18. The summed E-state index contributed by atoms with van der Waals surface area (Å²) in [5.41, 5.74) is 0.495. The molecule has 1 N–H and O–H groups in total. The summed E-state index contributed by atoms with van der Waals surface area (Å²) in [5, 5.41) is 8.95. The van der Waals surface area contributed by atoms with Crippen molar-refractivity contribution in [2.24, 2.45) is 0 Å². The second-order valence-corrected chi connectivity index (χ2v) is 4.08. The van der Waals surface area contributed by atoms with Crippen LogP contribution >= 0.6 is 11.6 Å². The van der Waals surface area contributed by atoms with Crippen LogP contribution in [0.5, 0.6) is 0 Å². The molecule has 0 bridgehead atoms. The fraction of sp³-hybridized carbons (Fsp3) is 0.182. The Labute approximate surface area is 102 Å². The lowest BCUT2D eigenvalue weighted by molar-refractivity contribution is -0.165. The van der Waals surface area contributed by atoms with Crippen LogP contribution in [-0.4, -0.2) is 34.3 Å². The number of carboxylic acid groups (broad SMARTS) is 1. The third-order valence-electron chi connectivity index (χ3n) is 2.50. The van der Waals surface area contributed by atoms with E-state index in [0.717, 1.165) is 0 Å². The zero-order valence-corrected chi connectivity index (χ0v) is 9.35. The fourth-order valence-electron chi connectivity index (χ4n) is 1.72. The quantitative estimate of drug-likeness (QED) is 0.641. The zero-order chi connectivity index (χ0) is 12.6. The molecule has 0 unspecified atom stereocenters. The van der Waals surface area contributed by atoms with Gasteiger partial charge in [0, 0.05) is 5.02 Å². The summed E-state index contributed by atoms with van der Waals surface area (Å²) >= 11 is 5.76. The molecule has 0 atom stereocenters. The average molecular weight is 254 g/mol. The number of nitrogens with zero attached hydrogens (tertiary/aromatic N) is 1. The minimum atomic E-state index is -1.21. The Morgan fingerprint density at radius 2 is 2.00 bits per heavy atom. The van der Waals surface area contributed by atoms with Gasteiger partial charge in [0.2, 0.25) is 11.8 Å². The number of carboxylic acids is 1. The molecular weight excluding hydrogens is 246 g/mol. The first kappa shape index (κ1) is 11.6. The molecule has 0 spiro atoms. The molecule has 2 rings (SSSR count). The number of hydrogen-bond acceptors (Lipinski definition) is 3. The van der Waals surface area contributed by atoms with Crippen molar-refractivity contribution in [3.05, 3.63) is 34.9 Å². The summed E-state index contributed by atoms with van der Waals surface area (Å²) in [4.78, 5) is 34.4. The Bertz CT molecular complexity index is 498. The summed E-state index contributed by atoms with van der Waals surface area (Å²) in [6.07, 6.45) is 0. The molecule has 5 nitrogen and oxygen atoms in total. The molecule has 1 heterocycles. The molecule has 0 aromatic heterocycles. The van der Waals surface area contributed by atoms with Gasteiger partial charge in [-0.1, -0.05) is 23.7 Å². The van der Waals surface area contributed by atoms with Gasteiger partial charge >= 0.3 is 5.97 Å². The van der Waals surface area contributed by atoms with Crippen LogP contribution < -0.4 is 0 Å². The summed E-state index contributed by atoms with van der Waals surface area (Å²) in [5.74, 6) is -3.12. The summed E-state index contributed by atoms with van der Waals surface area (Å²) in [6, 6.07) is 6.41. The maximum atomic E-state index is 11.6. The Hall–Kier alpha value is -1.88. The molecule has 0 radical (unpaired) electrons. The number of imide groups is 1. The van der Waals surface area contributed by atoms with E-state index in [1.807, 2.05) is 0 Å². The number of β-lactam (4-membered cyclic amide) rings is 2. The number of amides is 2. The number of likely N-dealkylation sites (tertiary alicyclic amines) is 1. The van der Waals surface area contributed by atoms with Crippen molar-refractivity contribution in [3.8, 4) is 0 Å². The molecule has 0 aliphatic carbocycles. The Morgan fingerprint density at radius 3 is 2.53 bits per heavy atom. The van der Waals surface area contributed by atoms with E-state index in [0.29, 0.717) is 15.5 Å². The highest BCUT2D eigenvalue weighted by Gasteiger charge is 2.48. The first-order chi connectivity index (χ1) is 8.00. The molecular formula is C11H8ClNO4. The van der Waals surface area contributed by atoms with E-state index in [9.17, 15) is 14.4 Å². The molecule has 6 heteroatoms. The van der Waals surface area contributed by atoms with E-state index in [2.05, 4.69) is 0 Å². The van der Waals surface area contributed by atoms with Gasteiger partial charge in [-0.2, -0.15) is 0 Å². The van der Waals surface area contributed by atoms with Crippen LogP contribution in [0.25, 0.3) is 0 Å². The maximum Gasteiger partial charge on any atom is 0.323 e. The number of carbonyl (C=O) groups is 3. The van der Waals surface area contributed by atoms with Crippen LogP contribution in [0.1, 0.15) is 11.5 Å². The number of rotatable bonds is 3. The second-order valence-electron chi connectivity index (χ2n) is 3.64. The molecule has 1 aromatic carbocycles. The van der Waals surface area contributed by atoms with Gasteiger partial charge in [0.05, 0.1) is 0 Å². The molecule has 1 fully saturated rings. The van der Waals surface area contributed by atoms with Crippen molar-refractivity contribution < 1.29 is 19.5 Å². The zero-order valence-electron chi connectivity index (χ0n) is 8.59. The molecule has 1 aromatic rings. The third kappa shape index (κ3) is 2.01. The number of hydrogen-bond donors (Lipinski definition) is 1. The lowest BCUT2D eigenvalue weighted by atomic mass is 9.89. The van der Waals surface area contributed by atoms with Crippen LogP contribution in [0.4, 0.5) is 0 Å². The first-order valence-electron chi connectivity index (χ1n) is 4.83. The third-order valence-corrected chi connectivity index (χ3v) is 2.74. The van der Waals surface area contributed by atoms with Crippen LogP contribution in [0.2, 0.25) is 5.02 Å². The molecule has 88 valence electrons. The van der Waals surface area contributed by atoms with Crippen molar-refractivity contribution in [2.45, 2.75) is 5.92 Å². The number of aliphatic carboxylic acids is 1. The predicted octanol–water partition coefficient (Wildman–Crippen LogP) is 0.877. The van der Waals surface area contributed by atoms with Gasteiger partial charge in [-0.3, -0.25) is 19.3 Å². The smallest absolute Gasteiger partial charge is 0.323 e. The lowest BCUT2D eigenvalue weighted by Crippen LogP contribution is -2.57.